The predicted octanol–water partition coefficient (Wildman–Crippen LogP) is 0.919. The average Bonchev–Trinajstić information content (AvgIpc) is 2.56. The number of hydrogen-bond acceptors (Lipinski definition) is 6. The Labute approximate surface area is 135 Å². The average molecular weight is 317 g/mol. The Morgan fingerprint density at radius 2 is 1.52 bits per heavy atom. The Morgan fingerprint density at radius 3 is 2.04 bits per heavy atom. The highest BCUT2D eigenvalue weighted by molar-refractivity contribution is 5.73. The van der Waals surface area contributed by atoms with E-state index in [9.17, 15) is 9.59 Å². The fourth-order valence-electron chi connectivity index (χ4n) is 2.26. The molecular weight excluding hydrogens is 294 g/mol. The third kappa shape index (κ3) is 4.32. The summed E-state index contributed by atoms with van der Waals surface area (Å²) in [5.41, 5.74) is 1.08. The number of methoxy groups -OCH3 is 1. The zero-order valence-electron chi connectivity index (χ0n) is 13.8. The van der Waals surface area contributed by atoms with Gasteiger partial charge in [0.25, 0.3) is 10.9 Å². The van der Waals surface area contributed by atoms with Crippen LogP contribution in [0.5, 0.6) is 5.75 Å². The Hall–Kier alpha value is -2.34. The molecule has 0 fully saturated rings. The van der Waals surface area contributed by atoms with E-state index in [1.807, 2.05) is 43.3 Å². The van der Waals surface area contributed by atoms with Gasteiger partial charge in [0.2, 0.25) is 0 Å². The van der Waals surface area contributed by atoms with Crippen molar-refractivity contribution in [1.82, 2.24) is 4.90 Å². The lowest BCUT2D eigenvalue weighted by molar-refractivity contribution is 0.414. The second-order valence-corrected chi connectivity index (χ2v) is 5.66. The molecule has 0 aliphatic heterocycles. The number of hydrogen-bond donors (Lipinski definition) is 2. The molecule has 2 aromatic rings. The van der Waals surface area contributed by atoms with Gasteiger partial charge in [-0.15, -0.1) is 0 Å². The van der Waals surface area contributed by atoms with E-state index in [4.69, 9.17) is 4.74 Å². The van der Waals surface area contributed by atoms with Crippen molar-refractivity contribution < 1.29 is 4.74 Å². The van der Waals surface area contributed by atoms with Gasteiger partial charge in [-0.05, 0) is 38.2 Å². The van der Waals surface area contributed by atoms with Gasteiger partial charge in [-0.25, -0.2) is 0 Å². The van der Waals surface area contributed by atoms with Crippen molar-refractivity contribution in [2.45, 2.75) is 6.42 Å². The summed E-state index contributed by atoms with van der Waals surface area (Å²) >= 11 is 0. The molecule has 0 radical (unpaired) electrons. The highest BCUT2D eigenvalue weighted by Gasteiger charge is 2.19. The van der Waals surface area contributed by atoms with Crippen LogP contribution in [0.1, 0.15) is 5.56 Å². The minimum absolute atomic E-state index is 0.405. The van der Waals surface area contributed by atoms with E-state index < -0.39 is 10.9 Å². The second kappa shape index (κ2) is 7.78. The Balaban J connectivity index is 1.86. The first-order valence-corrected chi connectivity index (χ1v) is 7.61. The van der Waals surface area contributed by atoms with Gasteiger partial charge in [0, 0.05) is 19.6 Å². The van der Waals surface area contributed by atoms with Crippen molar-refractivity contribution in [3.63, 3.8) is 0 Å². The lowest BCUT2D eigenvalue weighted by Gasteiger charge is -2.16. The second-order valence-electron chi connectivity index (χ2n) is 5.66. The van der Waals surface area contributed by atoms with Crippen molar-refractivity contribution in [3.8, 4) is 5.75 Å². The van der Waals surface area contributed by atoms with Crippen molar-refractivity contribution in [2.24, 2.45) is 0 Å². The van der Waals surface area contributed by atoms with Gasteiger partial charge in [-0.3, -0.25) is 9.59 Å². The normalized spacial score (nSPS) is 11.0. The molecule has 6 nitrogen and oxygen atoms in total. The molecule has 23 heavy (non-hydrogen) atoms. The molecule has 0 bridgehead atoms. The summed E-state index contributed by atoms with van der Waals surface area (Å²) in [6, 6.07) is 7.78. The summed E-state index contributed by atoms with van der Waals surface area (Å²) in [5.74, 6) is 0.816. The fraction of sp³-hybridized carbons (Fsp3) is 0.412. The predicted molar refractivity (Wildman–Crippen MR) is 93.6 cm³/mol. The van der Waals surface area contributed by atoms with E-state index in [0.29, 0.717) is 24.5 Å². The number of rotatable bonds is 9. The standard InChI is InChI=1S/C17H23N3O3/c1-20(2)11-10-19-15-14(16(21)17(15)22)18-9-8-12-4-6-13(23-3)7-5-12/h4-7,18-19H,8-11H2,1-3H3. The van der Waals surface area contributed by atoms with Gasteiger partial charge in [0.15, 0.2) is 0 Å². The maximum Gasteiger partial charge on any atom is 0.253 e. The highest BCUT2D eigenvalue weighted by Crippen LogP contribution is 2.15. The van der Waals surface area contributed by atoms with Crippen LogP contribution in [0.15, 0.2) is 33.9 Å². The first kappa shape index (κ1) is 17.0. The molecule has 2 rings (SSSR count). The smallest absolute Gasteiger partial charge is 0.253 e. The Bertz CT molecular complexity index is 701. The fourth-order valence-corrected chi connectivity index (χ4v) is 2.26. The first-order chi connectivity index (χ1) is 11.0. The lowest BCUT2D eigenvalue weighted by Crippen LogP contribution is -2.38. The van der Waals surface area contributed by atoms with Crippen LogP contribution < -0.4 is 26.2 Å². The SMILES string of the molecule is COc1ccc(CCNc2c(NCCN(C)C)c(=O)c2=O)cc1. The molecule has 0 heterocycles. The number of anilines is 2. The molecular formula is C17H23N3O3. The molecule has 0 saturated heterocycles. The van der Waals surface area contributed by atoms with E-state index in [-0.39, 0.29) is 0 Å². The van der Waals surface area contributed by atoms with E-state index in [0.717, 1.165) is 24.3 Å². The molecule has 2 aromatic carbocycles. The maximum absolute atomic E-state index is 11.7. The van der Waals surface area contributed by atoms with Gasteiger partial charge in [0.1, 0.15) is 17.1 Å². The Morgan fingerprint density at radius 1 is 0.957 bits per heavy atom. The minimum atomic E-state index is -0.438. The molecule has 0 saturated carbocycles. The van der Waals surface area contributed by atoms with Crippen LogP contribution in [0.25, 0.3) is 0 Å². The molecule has 2 N–H and O–H groups in total. The summed E-state index contributed by atoms with van der Waals surface area (Å²) in [7, 11) is 5.54. The van der Waals surface area contributed by atoms with E-state index in [1.54, 1.807) is 7.11 Å². The molecule has 0 aliphatic carbocycles. The monoisotopic (exact) mass is 317 g/mol. The van der Waals surface area contributed by atoms with Gasteiger partial charge < -0.3 is 20.3 Å². The van der Waals surface area contributed by atoms with Crippen LogP contribution in [0.2, 0.25) is 0 Å². The van der Waals surface area contributed by atoms with Crippen molar-refractivity contribution in [3.05, 3.63) is 50.3 Å². The number of ether oxygens (including phenoxy) is 1. The Kier molecular flexibility index (Phi) is 5.76. The van der Waals surface area contributed by atoms with Gasteiger partial charge in [-0.2, -0.15) is 0 Å². The zero-order valence-corrected chi connectivity index (χ0v) is 13.8. The number of likely N-dealkylation sites (N-methyl/N-ethyl adjacent to an activating group) is 1. The molecule has 0 aliphatic rings. The highest BCUT2D eigenvalue weighted by atomic mass is 16.5. The third-order valence-corrected chi connectivity index (χ3v) is 3.65. The molecule has 6 heteroatoms. The largest absolute Gasteiger partial charge is 0.497 e. The van der Waals surface area contributed by atoms with Crippen LogP contribution >= 0.6 is 0 Å². The van der Waals surface area contributed by atoms with Crippen molar-refractivity contribution in [1.29, 1.82) is 0 Å². The van der Waals surface area contributed by atoms with Crippen LogP contribution in [0, 0.1) is 0 Å². The van der Waals surface area contributed by atoms with Crippen LogP contribution in [-0.4, -0.2) is 45.7 Å². The maximum atomic E-state index is 11.7. The van der Waals surface area contributed by atoms with Crippen LogP contribution in [0.3, 0.4) is 0 Å². The lowest BCUT2D eigenvalue weighted by atomic mass is 10.1. The topological polar surface area (TPSA) is 70.7 Å². The van der Waals surface area contributed by atoms with E-state index in [2.05, 4.69) is 10.6 Å². The van der Waals surface area contributed by atoms with Gasteiger partial charge in [-0.1, -0.05) is 12.1 Å². The summed E-state index contributed by atoms with van der Waals surface area (Å²) in [5, 5.41) is 6.10. The minimum Gasteiger partial charge on any atom is -0.497 e. The first-order valence-electron chi connectivity index (χ1n) is 7.61. The van der Waals surface area contributed by atoms with Gasteiger partial charge in [0.05, 0.1) is 7.11 Å². The molecule has 124 valence electrons. The number of benzene rings is 1. The van der Waals surface area contributed by atoms with E-state index in [1.165, 1.54) is 0 Å². The molecule has 0 spiro atoms. The number of nitrogens with zero attached hydrogens (tertiary/aromatic N) is 1. The van der Waals surface area contributed by atoms with E-state index >= 15 is 0 Å². The summed E-state index contributed by atoms with van der Waals surface area (Å²) in [4.78, 5) is 25.3. The summed E-state index contributed by atoms with van der Waals surface area (Å²) < 4.78 is 5.12. The molecule has 0 amide bonds. The number of nitrogens with one attached hydrogen (secondary N) is 2. The summed E-state index contributed by atoms with van der Waals surface area (Å²) in [6.45, 7) is 2.02. The molecule has 0 unspecified atom stereocenters. The third-order valence-electron chi connectivity index (χ3n) is 3.65. The quantitative estimate of drug-likeness (QED) is 0.670. The molecule has 0 aromatic heterocycles. The van der Waals surface area contributed by atoms with Crippen molar-refractivity contribution in [2.75, 3.05) is 51.5 Å². The van der Waals surface area contributed by atoms with Gasteiger partial charge >= 0.3 is 0 Å². The molecule has 0 atom stereocenters. The van der Waals surface area contributed by atoms with Crippen LogP contribution in [0.4, 0.5) is 11.4 Å². The van der Waals surface area contributed by atoms with Crippen LogP contribution in [-0.2, 0) is 6.42 Å². The zero-order chi connectivity index (χ0) is 16.8. The van der Waals surface area contributed by atoms with Crippen molar-refractivity contribution >= 4 is 11.4 Å². The summed E-state index contributed by atoms with van der Waals surface area (Å²) in [6.07, 6.45) is 0.764.